The summed E-state index contributed by atoms with van der Waals surface area (Å²) in [6.07, 6.45) is 0. The number of methoxy groups -OCH3 is 3. The molecule has 0 spiro atoms. The number of carbonyl (C=O) groups is 1. The summed E-state index contributed by atoms with van der Waals surface area (Å²) >= 11 is 0. The normalized spacial score (nSPS) is 10.7. The van der Waals surface area contributed by atoms with Gasteiger partial charge in [-0.2, -0.15) is 0 Å². The summed E-state index contributed by atoms with van der Waals surface area (Å²) in [5.41, 5.74) is 0.0185. The topological polar surface area (TPSA) is 101 Å². The molecule has 30 heavy (non-hydrogen) atoms. The van der Waals surface area contributed by atoms with Gasteiger partial charge in [-0.15, -0.1) is 0 Å². The number of hydrogen-bond acceptors (Lipinski definition) is 6. The molecule has 0 fully saturated rings. The Kier molecular flexibility index (Phi) is 6.10. The molecule has 3 aromatic rings. The molecule has 1 amide bonds. The van der Waals surface area contributed by atoms with Crippen molar-refractivity contribution in [3.05, 3.63) is 62.8 Å². The van der Waals surface area contributed by atoms with Gasteiger partial charge in [0, 0.05) is 25.7 Å². The first-order chi connectivity index (χ1) is 14.4. The van der Waals surface area contributed by atoms with E-state index in [2.05, 4.69) is 5.32 Å². The average Bonchev–Trinajstić information content (AvgIpc) is 2.78. The summed E-state index contributed by atoms with van der Waals surface area (Å²) in [5, 5.41) is 3.15. The Labute approximate surface area is 172 Å². The van der Waals surface area contributed by atoms with Crippen molar-refractivity contribution in [3.8, 4) is 17.2 Å². The van der Waals surface area contributed by atoms with Crippen LogP contribution in [-0.4, -0.2) is 42.9 Å². The van der Waals surface area contributed by atoms with Crippen molar-refractivity contribution in [2.24, 2.45) is 7.05 Å². The predicted octanol–water partition coefficient (Wildman–Crippen LogP) is 1.16. The zero-order valence-corrected chi connectivity index (χ0v) is 17.2. The lowest BCUT2D eigenvalue weighted by Crippen LogP contribution is -2.41. The third kappa shape index (κ3) is 3.73. The smallest absolute Gasteiger partial charge is 0.331 e. The second-order valence-electron chi connectivity index (χ2n) is 6.49. The number of fused-ring (bicyclic) bond motifs is 1. The van der Waals surface area contributed by atoms with E-state index >= 15 is 0 Å². The molecule has 0 unspecified atom stereocenters. The summed E-state index contributed by atoms with van der Waals surface area (Å²) in [5.74, 6) is 0.672. The van der Waals surface area contributed by atoms with Gasteiger partial charge in [0.05, 0.1) is 32.2 Å². The summed E-state index contributed by atoms with van der Waals surface area (Å²) in [6.45, 7) is 0.121. The van der Waals surface area contributed by atoms with Crippen LogP contribution in [0.5, 0.6) is 17.2 Å². The van der Waals surface area contributed by atoms with E-state index in [1.807, 2.05) is 0 Å². The Morgan fingerprint density at radius 3 is 2.23 bits per heavy atom. The standard InChI is InChI=1S/C21H23N3O6/c1-23-15-8-6-5-7-14(15)20(26)24(21(23)27)10-9-22-19(25)13-11-16(28-2)18(30-4)17(12-13)29-3/h5-8,11-12H,9-10H2,1-4H3,(H,22,25). The average molecular weight is 413 g/mol. The second kappa shape index (κ2) is 8.73. The molecule has 1 aromatic heterocycles. The minimum Gasteiger partial charge on any atom is -0.493 e. The molecular formula is C21H23N3O6. The molecule has 0 aliphatic heterocycles. The molecule has 0 aliphatic rings. The fourth-order valence-corrected chi connectivity index (χ4v) is 3.26. The highest BCUT2D eigenvalue weighted by atomic mass is 16.5. The van der Waals surface area contributed by atoms with Crippen molar-refractivity contribution in [1.29, 1.82) is 0 Å². The molecular weight excluding hydrogens is 390 g/mol. The van der Waals surface area contributed by atoms with Crippen LogP contribution in [0.3, 0.4) is 0 Å². The van der Waals surface area contributed by atoms with Crippen LogP contribution in [0, 0.1) is 0 Å². The monoisotopic (exact) mass is 413 g/mol. The Balaban J connectivity index is 1.82. The van der Waals surface area contributed by atoms with Gasteiger partial charge in [-0.3, -0.25) is 18.7 Å². The third-order valence-corrected chi connectivity index (χ3v) is 4.81. The van der Waals surface area contributed by atoms with Crippen molar-refractivity contribution in [2.75, 3.05) is 27.9 Å². The van der Waals surface area contributed by atoms with E-state index in [1.165, 1.54) is 38.0 Å². The van der Waals surface area contributed by atoms with E-state index in [0.29, 0.717) is 33.7 Å². The number of nitrogens with zero attached hydrogens (tertiary/aromatic N) is 2. The van der Waals surface area contributed by atoms with Crippen LogP contribution >= 0.6 is 0 Å². The molecule has 0 aliphatic carbocycles. The fourth-order valence-electron chi connectivity index (χ4n) is 3.26. The van der Waals surface area contributed by atoms with Crippen LogP contribution in [0.4, 0.5) is 0 Å². The first-order valence-electron chi connectivity index (χ1n) is 9.19. The highest BCUT2D eigenvalue weighted by molar-refractivity contribution is 5.95. The molecule has 1 N–H and O–H groups in total. The van der Waals surface area contributed by atoms with Crippen molar-refractivity contribution in [1.82, 2.24) is 14.5 Å². The van der Waals surface area contributed by atoms with Crippen LogP contribution < -0.4 is 30.8 Å². The molecule has 0 bridgehead atoms. The largest absolute Gasteiger partial charge is 0.493 e. The van der Waals surface area contributed by atoms with Gasteiger partial charge in [-0.25, -0.2) is 4.79 Å². The molecule has 9 nitrogen and oxygen atoms in total. The predicted molar refractivity (Wildman–Crippen MR) is 112 cm³/mol. The van der Waals surface area contributed by atoms with E-state index in [9.17, 15) is 14.4 Å². The van der Waals surface area contributed by atoms with Crippen LogP contribution in [0.25, 0.3) is 10.9 Å². The summed E-state index contributed by atoms with van der Waals surface area (Å²) < 4.78 is 18.3. The quantitative estimate of drug-likeness (QED) is 0.624. The number of carbonyl (C=O) groups excluding carboxylic acids is 1. The fraction of sp³-hybridized carbons (Fsp3) is 0.286. The van der Waals surface area contributed by atoms with Crippen molar-refractivity contribution in [3.63, 3.8) is 0 Å². The molecule has 3 rings (SSSR count). The number of para-hydroxylation sites is 1. The first kappa shape index (κ1) is 21.0. The highest BCUT2D eigenvalue weighted by Crippen LogP contribution is 2.38. The minimum atomic E-state index is -0.444. The summed E-state index contributed by atoms with van der Waals surface area (Å²) in [6, 6.07) is 9.95. The van der Waals surface area contributed by atoms with Gasteiger partial charge >= 0.3 is 5.69 Å². The van der Waals surface area contributed by atoms with Crippen LogP contribution in [-0.2, 0) is 13.6 Å². The summed E-state index contributed by atoms with van der Waals surface area (Å²) in [4.78, 5) is 37.8. The number of aromatic nitrogens is 2. The van der Waals surface area contributed by atoms with Gasteiger partial charge in [-0.1, -0.05) is 12.1 Å². The zero-order chi connectivity index (χ0) is 21.8. The van der Waals surface area contributed by atoms with Crippen molar-refractivity contribution < 1.29 is 19.0 Å². The second-order valence-corrected chi connectivity index (χ2v) is 6.49. The molecule has 1 heterocycles. The van der Waals surface area contributed by atoms with Crippen LogP contribution in [0.1, 0.15) is 10.4 Å². The van der Waals surface area contributed by atoms with Gasteiger partial charge in [0.15, 0.2) is 11.5 Å². The number of benzene rings is 2. The van der Waals surface area contributed by atoms with Crippen LogP contribution in [0.2, 0.25) is 0 Å². The maximum absolute atomic E-state index is 12.7. The van der Waals surface area contributed by atoms with E-state index in [4.69, 9.17) is 14.2 Å². The Morgan fingerprint density at radius 2 is 1.63 bits per heavy atom. The number of amides is 1. The first-order valence-corrected chi connectivity index (χ1v) is 9.19. The van der Waals surface area contributed by atoms with Crippen molar-refractivity contribution in [2.45, 2.75) is 6.54 Å². The van der Waals surface area contributed by atoms with Gasteiger partial charge in [0.2, 0.25) is 5.75 Å². The molecule has 2 aromatic carbocycles. The SMILES string of the molecule is COc1cc(C(=O)NCCn2c(=O)c3ccccc3n(C)c2=O)cc(OC)c1OC. The lowest BCUT2D eigenvalue weighted by molar-refractivity contribution is 0.0951. The van der Waals surface area contributed by atoms with Gasteiger partial charge in [-0.05, 0) is 24.3 Å². The van der Waals surface area contributed by atoms with Gasteiger partial charge < -0.3 is 19.5 Å². The Bertz CT molecular complexity index is 1190. The maximum atomic E-state index is 12.7. The molecule has 9 heteroatoms. The van der Waals surface area contributed by atoms with Gasteiger partial charge in [0.25, 0.3) is 11.5 Å². The van der Waals surface area contributed by atoms with E-state index in [0.717, 1.165) is 4.57 Å². The Morgan fingerprint density at radius 1 is 1.00 bits per heavy atom. The Hall–Kier alpha value is -3.75. The van der Waals surface area contributed by atoms with E-state index < -0.39 is 17.2 Å². The molecule has 0 radical (unpaired) electrons. The maximum Gasteiger partial charge on any atom is 0.331 e. The van der Waals surface area contributed by atoms with E-state index in [-0.39, 0.29) is 13.1 Å². The number of rotatable bonds is 7. The van der Waals surface area contributed by atoms with Gasteiger partial charge in [0.1, 0.15) is 0 Å². The molecule has 0 saturated heterocycles. The third-order valence-electron chi connectivity index (χ3n) is 4.81. The lowest BCUT2D eigenvalue weighted by Gasteiger charge is -2.14. The zero-order valence-electron chi connectivity index (χ0n) is 17.2. The van der Waals surface area contributed by atoms with E-state index in [1.54, 1.807) is 31.3 Å². The minimum absolute atomic E-state index is 0.0342. The van der Waals surface area contributed by atoms with Crippen LogP contribution in [0.15, 0.2) is 46.0 Å². The summed E-state index contributed by atoms with van der Waals surface area (Å²) in [7, 11) is 6.00. The number of nitrogens with one attached hydrogen (secondary N) is 1. The molecule has 0 atom stereocenters. The highest BCUT2D eigenvalue weighted by Gasteiger charge is 2.17. The number of aryl methyl sites for hydroxylation is 1. The number of hydrogen-bond donors (Lipinski definition) is 1. The lowest BCUT2D eigenvalue weighted by atomic mass is 10.1. The molecule has 0 saturated carbocycles. The number of ether oxygens (including phenoxy) is 3. The molecule has 158 valence electrons. The van der Waals surface area contributed by atoms with Crippen molar-refractivity contribution >= 4 is 16.8 Å².